The lowest BCUT2D eigenvalue weighted by Gasteiger charge is -2.23. The Morgan fingerprint density at radius 2 is 1.30 bits per heavy atom. The van der Waals surface area contributed by atoms with E-state index in [-0.39, 0.29) is 18.0 Å². The molecule has 0 unspecified atom stereocenters. The van der Waals surface area contributed by atoms with Gasteiger partial charge >= 0.3 is 0 Å². The van der Waals surface area contributed by atoms with Gasteiger partial charge in [-0.25, -0.2) is 12.8 Å². The Bertz CT molecular complexity index is 1050. The molecule has 158 valence electrons. The first-order chi connectivity index (χ1) is 14.3. The van der Waals surface area contributed by atoms with Crippen LogP contribution < -0.4 is 9.47 Å². The topological polar surface area (TPSA) is 55.8 Å². The van der Waals surface area contributed by atoms with Gasteiger partial charge in [0.15, 0.2) is 0 Å². The maximum atomic E-state index is 14.5. The number of ether oxygens (including phenoxy) is 2. The van der Waals surface area contributed by atoms with Gasteiger partial charge in [0.1, 0.15) is 22.2 Å². The molecule has 0 aliphatic heterocycles. The Kier molecular flexibility index (Phi) is 7.12. The lowest BCUT2D eigenvalue weighted by molar-refractivity contribution is 0.395. The zero-order chi connectivity index (χ0) is 21.7. The SMILES string of the molecule is COc1ccc(CN(Cc2ccc(OC)cc2)S(=O)(=O)c2ccc(Br)cc2F)cc1. The fourth-order valence-corrected chi connectivity index (χ4v) is 4.71. The molecule has 0 saturated heterocycles. The average molecular weight is 494 g/mol. The summed E-state index contributed by atoms with van der Waals surface area (Å²) in [6.07, 6.45) is 0. The summed E-state index contributed by atoms with van der Waals surface area (Å²) < 4.78 is 53.2. The lowest BCUT2D eigenvalue weighted by atomic mass is 10.2. The minimum absolute atomic E-state index is 0.0772. The van der Waals surface area contributed by atoms with Gasteiger partial charge in [-0.2, -0.15) is 4.31 Å². The zero-order valence-corrected chi connectivity index (χ0v) is 18.9. The predicted molar refractivity (Wildman–Crippen MR) is 117 cm³/mol. The summed E-state index contributed by atoms with van der Waals surface area (Å²) in [7, 11) is -0.979. The molecule has 0 aliphatic carbocycles. The van der Waals surface area contributed by atoms with E-state index in [0.29, 0.717) is 16.0 Å². The number of nitrogens with zero attached hydrogens (tertiary/aromatic N) is 1. The molecule has 0 aliphatic rings. The zero-order valence-electron chi connectivity index (χ0n) is 16.5. The molecule has 0 amide bonds. The van der Waals surface area contributed by atoms with E-state index in [2.05, 4.69) is 15.9 Å². The molecule has 0 aromatic heterocycles. The van der Waals surface area contributed by atoms with Crippen molar-refractivity contribution in [2.24, 2.45) is 0 Å². The van der Waals surface area contributed by atoms with Gasteiger partial charge in [-0.3, -0.25) is 0 Å². The minimum atomic E-state index is -4.10. The Morgan fingerprint density at radius 3 is 1.70 bits per heavy atom. The molecule has 0 N–H and O–H groups in total. The summed E-state index contributed by atoms with van der Waals surface area (Å²) in [6.45, 7) is 0.154. The van der Waals surface area contributed by atoms with Crippen LogP contribution in [0.5, 0.6) is 11.5 Å². The highest BCUT2D eigenvalue weighted by Gasteiger charge is 2.28. The van der Waals surface area contributed by atoms with Crippen molar-refractivity contribution in [2.45, 2.75) is 18.0 Å². The number of methoxy groups -OCH3 is 2. The van der Waals surface area contributed by atoms with Crippen molar-refractivity contribution in [3.63, 3.8) is 0 Å². The standard InChI is InChI=1S/C22H21BrFNO4S/c1-28-19-8-3-16(4-9-19)14-25(15-17-5-10-20(29-2)11-6-17)30(26,27)22-12-7-18(23)13-21(22)24/h3-13H,14-15H2,1-2H3. The fraction of sp³-hybridized carbons (Fsp3) is 0.182. The molecular formula is C22H21BrFNO4S. The van der Waals surface area contributed by atoms with Crippen molar-refractivity contribution < 1.29 is 22.3 Å². The monoisotopic (exact) mass is 493 g/mol. The van der Waals surface area contributed by atoms with Crippen molar-refractivity contribution in [3.8, 4) is 11.5 Å². The van der Waals surface area contributed by atoms with Crippen LogP contribution in [0.4, 0.5) is 4.39 Å². The molecule has 0 saturated carbocycles. The van der Waals surface area contributed by atoms with Crippen molar-refractivity contribution in [3.05, 3.63) is 88.1 Å². The number of hydrogen-bond acceptors (Lipinski definition) is 4. The quantitative estimate of drug-likeness (QED) is 0.443. The molecule has 3 aromatic rings. The smallest absolute Gasteiger partial charge is 0.246 e. The van der Waals surface area contributed by atoms with E-state index in [1.165, 1.54) is 16.4 Å². The Labute approximate surface area is 184 Å². The van der Waals surface area contributed by atoms with Gasteiger partial charge in [0.25, 0.3) is 0 Å². The van der Waals surface area contributed by atoms with Crippen molar-refractivity contribution in [2.75, 3.05) is 14.2 Å². The summed E-state index contributed by atoms with van der Waals surface area (Å²) in [6, 6.07) is 18.1. The van der Waals surface area contributed by atoms with Crippen LogP contribution in [0.1, 0.15) is 11.1 Å². The first-order valence-corrected chi connectivity index (χ1v) is 11.3. The summed E-state index contributed by atoms with van der Waals surface area (Å²) >= 11 is 3.16. The van der Waals surface area contributed by atoms with Crippen LogP contribution >= 0.6 is 15.9 Å². The Morgan fingerprint density at radius 1 is 0.833 bits per heavy atom. The molecule has 8 heteroatoms. The molecule has 0 heterocycles. The van der Waals surface area contributed by atoms with Crippen LogP contribution in [0.3, 0.4) is 0 Å². The normalized spacial score (nSPS) is 11.5. The molecule has 0 radical (unpaired) electrons. The molecule has 0 fully saturated rings. The second kappa shape index (κ2) is 9.59. The highest BCUT2D eigenvalue weighted by molar-refractivity contribution is 9.10. The molecule has 0 spiro atoms. The number of sulfonamides is 1. The number of benzene rings is 3. The van der Waals surface area contributed by atoms with E-state index in [0.717, 1.165) is 17.2 Å². The second-order valence-electron chi connectivity index (χ2n) is 6.54. The molecule has 3 aromatic carbocycles. The van der Waals surface area contributed by atoms with E-state index >= 15 is 0 Å². The van der Waals surface area contributed by atoms with Crippen LogP contribution in [0.25, 0.3) is 0 Å². The minimum Gasteiger partial charge on any atom is -0.497 e. The third-order valence-electron chi connectivity index (χ3n) is 4.55. The molecule has 5 nitrogen and oxygen atoms in total. The van der Waals surface area contributed by atoms with Gasteiger partial charge in [-0.1, -0.05) is 40.2 Å². The van der Waals surface area contributed by atoms with Crippen molar-refractivity contribution in [1.29, 1.82) is 0 Å². The van der Waals surface area contributed by atoms with E-state index in [9.17, 15) is 12.8 Å². The third kappa shape index (κ3) is 5.19. The lowest BCUT2D eigenvalue weighted by Crippen LogP contribution is -2.31. The first kappa shape index (κ1) is 22.3. The van der Waals surface area contributed by atoms with Crippen LogP contribution in [0.2, 0.25) is 0 Å². The van der Waals surface area contributed by atoms with E-state index in [1.807, 2.05) is 0 Å². The molecule has 30 heavy (non-hydrogen) atoms. The summed E-state index contributed by atoms with van der Waals surface area (Å²) in [5.41, 5.74) is 1.51. The first-order valence-electron chi connectivity index (χ1n) is 9.04. The third-order valence-corrected chi connectivity index (χ3v) is 6.87. The van der Waals surface area contributed by atoms with Gasteiger partial charge in [-0.05, 0) is 53.6 Å². The van der Waals surface area contributed by atoms with E-state index < -0.39 is 15.8 Å². The molecule has 3 rings (SSSR count). The van der Waals surface area contributed by atoms with Gasteiger partial charge in [-0.15, -0.1) is 0 Å². The van der Waals surface area contributed by atoms with Crippen molar-refractivity contribution >= 4 is 26.0 Å². The number of halogens is 2. The van der Waals surface area contributed by atoms with Crippen LogP contribution in [-0.2, 0) is 23.1 Å². The molecule has 0 bridgehead atoms. The summed E-state index contributed by atoms with van der Waals surface area (Å²) in [5.74, 6) is 0.531. The largest absolute Gasteiger partial charge is 0.497 e. The van der Waals surface area contributed by atoms with Crippen LogP contribution in [0.15, 0.2) is 76.1 Å². The van der Waals surface area contributed by atoms with Gasteiger partial charge in [0.2, 0.25) is 10.0 Å². The summed E-state index contributed by atoms with van der Waals surface area (Å²) in [4.78, 5) is -0.368. The fourth-order valence-electron chi connectivity index (χ4n) is 2.92. The Hall–Kier alpha value is -2.42. The predicted octanol–water partition coefficient (Wildman–Crippen LogP) is 5.00. The van der Waals surface area contributed by atoms with Gasteiger partial charge in [0, 0.05) is 17.6 Å². The van der Waals surface area contributed by atoms with Crippen LogP contribution in [-0.4, -0.2) is 26.9 Å². The van der Waals surface area contributed by atoms with E-state index in [4.69, 9.17) is 9.47 Å². The van der Waals surface area contributed by atoms with Crippen molar-refractivity contribution in [1.82, 2.24) is 4.31 Å². The number of rotatable bonds is 8. The van der Waals surface area contributed by atoms with Gasteiger partial charge in [0.05, 0.1) is 14.2 Å². The average Bonchev–Trinajstić information content (AvgIpc) is 2.74. The maximum absolute atomic E-state index is 14.5. The number of hydrogen-bond donors (Lipinski definition) is 0. The highest BCUT2D eigenvalue weighted by atomic mass is 79.9. The Balaban J connectivity index is 1.97. The highest BCUT2D eigenvalue weighted by Crippen LogP contribution is 2.26. The van der Waals surface area contributed by atoms with Gasteiger partial charge < -0.3 is 9.47 Å². The van der Waals surface area contributed by atoms with E-state index in [1.54, 1.807) is 62.8 Å². The second-order valence-corrected chi connectivity index (χ2v) is 9.37. The summed E-state index contributed by atoms with van der Waals surface area (Å²) in [5, 5.41) is 0. The maximum Gasteiger partial charge on any atom is 0.246 e. The molecule has 0 atom stereocenters. The van der Waals surface area contributed by atoms with Crippen LogP contribution in [0, 0.1) is 5.82 Å². The molecular weight excluding hydrogens is 473 g/mol.